The van der Waals surface area contributed by atoms with Gasteiger partial charge in [-0.3, -0.25) is 4.79 Å². The van der Waals surface area contributed by atoms with Crippen molar-refractivity contribution in [2.75, 3.05) is 18.4 Å². The van der Waals surface area contributed by atoms with Gasteiger partial charge in [-0.25, -0.2) is 0 Å². The Labute approximate surface area is 94.1 Å². The van der Waals surface area contributed by atoms with Crippen molar-refractivity contribution < 1.29 is 4.79 Å². The number of hydrogen-bond acceptors (Lipinski definition) is 2. The van der Waals surface area contributed by atoms with Gasteiger partial charge < -0.3 is 10.6 Å². The Morgan fingerprint density at radius 3 is 3.00 bits per heavy atom. The van der Waals surface area contributed by atoms with Crippen LogP contribution in [0.5, 0.6) is 0 Å². The molecule has 0 spiro atoms. The lowest BCUT2D eigenvalue weighted by Gasteiger charge is -2.06. The second-order valence-corrected chi connectivity index (χ2v) is 3.39. The quantitative estimate of drug-likeness (QED) is 0.752. The van der Waals surface area contributed by atoms with Crippen LogP contribution >= 0.6 is 11.6 Å². The largest absolute Gasteiger partial charge is 0.376 e. The van der Waals surface area contributed by atoms with Gasteiger partial charge in [0.15, 0.2) is 0 Å². The van der Waals surface area contributed by atoms with Crippen LogP contribution in [0.3, 0.4) is 0 Å². The highest BCUT2D eigenvalue weighted by atomic mass is 35.5. The van der Waals surface area contributed by atoms with E-state index in [1.807, 2.05) is 12.1 Å². The van der Waals surface area contributed by atoms with Crippen molar-refractivity contribution >= 4 is 23.2 Å². The van der Waals surface area contributed by atoms with Gasteiger partial charge >= 0.3 is 0 Å². The zero-order valence-electron chi connectivity index (χ0n) is 8.29. The Hall–Kier alpha value is -1.48. The van der Waals surface area contributed by atoms with E-state index >= 15 is 0 Å². The average molecular weight is 225 g/mol. The fraction of sp³-hybridized carbons (Fsp3) is 0.182. The summed E-state index contributed by atoms with van der Waals surface area (Å²) in [6, 6.07) is 7.23. The normalized spacial score (nSPS) is 9.40. The van der Waals surface area contributed by atoms with Gasteiger partial charge in [-0.05, 0) is 18.2 Å². The Morgan fingerprint density at radius 1 is 1.53 bits per heavy atom. The number of anilines is 1. The minimum atomic E-state index is -0.0742. The number of benzene rings is 1. The molecule has 2 N–H and O–H groups in total. The second kappa shape index (κ2) is 6.09. The van der Waals surface area contributed by atoms with Crippen LogP contribution in [-0.2, 0) is 4.79 Å². The van der Waals surface area contributed by atoms with Gasteiger partial charge in [-0.2, -0.15) is 0 Å². The molecule has 0 aliphatic rings. The number of halogens is 1. The molecule has 0 bridgehead atoms. The highest BCUT2D eigenvalue weighted by Crippen LogP contribution is 2.14. The first-order valence-corrected chi connectivity index (χ1v) is 4.97. The first-order chi connectivity index (χ1) is 7.22. The summed E-state index contributed by atoms with van der Waals surface area (Å²) in [5.41, 5.74) is 0.830. The fourth-order valence-electron chi connectivity index (χ4n) is 1.03. The maximum Gasteiger partial charge on any atom is 0.239 e. The lowest BCUT2D eigenvalue weighted by molar-refractivity contribution is -0.119. The van der Waals surface area contributed by atoms with Crippen molar-refractivity contribution in [3.8, 4) is 0 Å². The number of carbonyl (C=O) groups excluding carboxylic acids is 1. The summed E-state index contributed by atoms with van der Waals surface area (Å²) in [5.74, 6) is -0.0742. The number of amides is 1. The van der Waals surface area contributed by atoms with E-state index in [-0.39, 0.29) is 12.5 Å². The third-order valence-electron chi connectivity index (χ3n) is 1.72. The van der Waals surface area contributed by atoms with E-state index in [1.165, 1.54) is 0 Å². The molecule has 0 heterocycles. The van der Waals surface area contributed by atoms with Gasteiger partial charge in [-0.1, -0.05) is 23.7 Å². The van der Waals surface area contributed by atoms with E-state index in [9.17, 15) is 4.79 Å². The van der Waals surface area contributed by atoms with Crippen LogP contribution in [-0.4, -0.2) is 19.0 Å². The highest BCUT2D eigenvalue weighted by molar-refractivity contribution is 6.30. The summed E-state index contributed by atoms with van der Waals surface area (Å²) < 4.78 is 0. The Morgan fingerprint density at radius 2 is 2.33 bits per heavy atom. The van der Waals surface area contributed by atoms with Crippen molar-refractivity contribution in [1.29, 1.82) is 0 Å². The van der Waals surface area contributed by atoms with Gasteiger partial charge in [0.25, 0.3) is 0 Å². The molecule has 0 radical (unpaired) electrons. The lowest BCUT2D eigenvalue weighted by atomic mass is 10.3. The molecule has 1 aromatic rings. The average Bonchev–Trinajstić information content (AvgIpc) is 2.23. The van der Waals surface area contributed by atoms with E-state index < -0.39 is 0 Å². The molecule has 0 aliphatic carbocycles. The van der Waals surface area contributed by atoms with Crippen LogP contribution in [0.4, 0.5) is 5.69 Å². The molecule has 80 valence electrons. The first-order valence-electron chi connectivity index (χ1n) is 4.59. The summed E-state index contributed by atoms with van der Waals surface area (Å²) in [6.45, 7) is 4.22. The van der Waals surface area contributed by atoms with Crippen molar-refractivity contribution in [3.05, 3.63) is 41.9 Å². The van der Waals surface area contributed by atoms with Crippen molar-refractivity contribution in [1.82, 2.24) is 5.32 Å². The lowest BCUT2D eigenvalue weighted by Crippen LogP contribution is -2.29. The minimum absolute atomic E-state index is 0.0742. The van der Waals surface area contributed by atoms with E-state index in [4.69, 9.17) is 11.6 Å². The third kappa shape index (κ3) is 4.51. The number of rotatable bonds is 5. The van der Waals surface area contributed by atoms with Crippen molar-refractivity contribution in [2.45, 2.75) is 0 Å². The molecule has 1 aromatic carbocycles. The number of nitrogens with one attached hydrogen (secondary N) is 2. The predicted molar refractivity (Wildman–Crippen MR) is 63.1 cm³/mol. The van der Waals surface area contributed by atoms with Crippen LogP contribution in [0.25, 0.3) is 0 Å². The summed E-state index contributed by atoms with van der Waals surface area (Å²) >= 11 is 5.79. The predicted octanol–water partition coefficient (Wildman–Crippen LogP) is 2.05. The molecule has 0 fully saturated rings. The van der Waals surface area contributed by atoms with Crippen LogP contribution < -0.4 is 10.6 Å². The second-order valence-electron chi connectivity index (χ2n) is 2.96. The Balaban J connectivity index is 2.36. The minimum Gasteiger partial charge on any atom is -0.376 e. The fourth-order valence-corrected chi connectivity index (χ4v) is 1.22. The van der Waals surface area contributed by atoms with Gasteiger partial charge in [-0.15, -0.1) is 6.58 Å². The van der Waals surface area contributed by atoms with Gasteiger partial charge in [0.1, 0.15) is 0 Å². The molecular formula is C11H13ClN2O. The number of hydrogen-bond donors (Lipinski definition) is 2. The maximum absolute atomic E-state index is 11.2. The van der Waals surface area contributed by atoms with Crippen molar-refractivity contribution in [2.24, 2.45) is 0 Å². The Kier molecular flexibility index (Phi) is 4.71. The van der Waals surface area contributed by atoms with E-state index in [1.54, 1.807) is 18.2 Å². The van der Waals surface area contributed by atoms with E-state index in [0.29, 0.717) is 11.6 Å². The zero-order chi connectivity index (χ0) is 11.1. The molecule has 0 saturated heterocycles. The summed E-state index contributed by atoms with van der Waals surface area (Å²) in [7, 11) is 0. The molecule has 3 nitrogen and oxygen atoms in total. The molecular weight excluding hydrogens is 212 g/mol. The summed E-state index contributed by atoms with van der Waals surface area (Å²) in [4.78, 5) is 11.2. The first kappa shape index (κ1) is 11.6. The monoisotopic (exact) mass is 224 g/mol. The molecule has 1 amide bonds. The highest BCUT2D eigenvalue weighted by Gasteiger charge is 1.99. The maximum atomic E-state index is 11.2. The SMILES string of the molecule is C=CCNC(=O)CNc1cccc(Cl)c1. The molecule has 4 heteroatoms. The molecule has 0 aliphatic heterocycles. The van der Waals surface area contributed by atoms with Gasteiger partial charge in [0.05, 0.1) is 6.54 Å². The van der Waals surface area contributed by atoms with E-state index in [2.05, 4.69) is 17.2 Å². The third-order valence-corrected chi connectivity index (χ3v) is 1.96. The van der Waals surface area contributed by atoms with Crippen LogP contribution in [0, 0.1) is 0 Å². The number of carbonyl (C=O) groups is 1. The molecule has 0 aromatic heterocycles. The topological polar surface area (TPSA) is 41.1 Å². The molecule has 0 atom stereocenters. The Bertz CT molecular complexity index is 352. The van der Waals surface area contributed by atoms with Crippen molar-refractivity contribution in [3.63, 3.8) is 0 Å². The smallest absolute Gasteiger partial charge is 0.239 e. The molecule has 15 heavy (non-hydrogen) atoms. The zero-order valence-corrected chi connectivity index (χ0v) is 9.05. The van der Waals surface area contributed by atoms with Crippen LogP contribution in [0.2, 0.25) is 5.02 Å². The van der Waals surface area contributed by atoms with E-state index in [0.717, 1.165) is 5.69 Å². The summed E-state index contributed by atoms with van der Waals surface area (Å²) in [5, 5.41) is 6.27. The van der Waals surface area contributed by atoms with Gasteiger partial charge in [0, 0.05) is 17.3 Å². The van der Waals surface area contributed by atoms with Crippen LogP contribution in [0.1, 0.15) is 0 Å². The van der Waals surface area contributed by atoms with Gasteiger partial charge in [0.2, 0.25) is 5.91 Å². The molecule has 1 rings (SSSR count). The molecule has 0 unspecified atom stereocenters. The van der Waals surface area contributed by atoms with Crippen LogP contribution in [0.15, 0.2) is 36.9 Å². The standard InChI is InChI=1S/C11H13ClN2O/c1-2-6-13-11(15)8-14-10-5-3-4-9(12)7-10/h2-5,7,14H,1,6,8H2,(H,13,15). The molecule has 0 saturated carbocycles. The summed E-state index contributed by atoms with van der Waals surface area (Å²) in [6.07, 6.45) is 1.64.